The van der Waals surface area contributed by atoms with Gasteiger partial charge in [0.15, 0.2) is 0 Å². The Hall–Kier alpha value is -0.760. The van der Waals surface area contributed by atoms with Gasteiger partial charge in [-0.15, -0.1) is 0 Å². The molecule has 0 aromatic carbocycles. The molecule has 14 heavy (non-hydrogen) atoms. The molecule has 0 amide bonds. The van der Waals surface area contributed by atoms with Crippen molar-refractivity contribution in [3.63, 3.8) is 0 Å². The molecule has 0 N–H and O–H groups in total. The summed E-state index contributed by atoms with van der Waals surface area (Å²) >= 11 is 0. The van der Waals surface area contributed by atoms with E-state index < -0.39 is 0 Å². The van der Waals surface area contributed by atoms with Crippen LogP contribution in [0, 0.1) is 5.92 Å². The van der Waals surface area contributed by atoms with Crippen molar-refractivity contribution in [2.24, 2.45) is 5.92 Å². The van der Waals surface area contributed by atoms with E-state index in [-0.39, 0.29) is 0 Å². The lowest BCUT2D eigenvalue weighted by Crippen LogP contribution is -2.34. The van der Waals surface area contributed by atoms with E-state index in [2.05, 4.69) is 43.9 Å². The van der Waals surface area contributed by atoms with Crippen molar-refractivity contribution in [3.8, 4) is 0 Å². The first-order valence-corrected chi connectivity index (χ1v) is 5.38. The number of hydrogen-bond acceptors (Lipinski definition) is 2. The first-order chi connectivity index (χ1) is 6.70. The first-order valence-electron chi connectivity index (χ1n) is 5.38. The summed E-state index contributed by atoms with van der Waals surface area (Å²) in [5, 5.41) is 0. The summed E-state index contributed by atoms with van der Waals surface area (Å²) in [6.07, 6.45) is 6.55. The highest BCUT2D eigenvalue weighted by atomic mass is 16.5. The summed E-state index contributed by atoms with van der Waals surface area (Å²) in [6.45, 7) is 10.3. The predicted octanol–water partition coefficient (Wildman–Crippen LogP) is 2.43. The first kappa shape index (κ1) is 11.3. The van der Waals surface area contributed by atoms with E-state index in [1.807, 2.05) is 0 Å². The van der Waals surface area contributed by atoms with Crippen molar-refractivity contribution < 1.29 is 4.74 Å². The fourth-order valence-corrected chi connectivity index (χ4v) is 1.44. The second-order valence-corrected chi connectivity index (χ2v) is 4.04. The van der Waals surface area contributed by atoms with Gasteiger partial charge in [0.25, 0.3) is 0 Å². The van der Waals surface area contributed by atoms with Crippen molar-refractivity contribution >= 4 is 0 Å². The molecule has 0 aromatic rings. The molecule has 0 bridgehead atoms. The monoisotopic (exact) mass is 195 g/mol. The summed E-state index contributed by atoms with van der Waals surface area (Å²) in [6, 6.07) is 0. The molecule has 0 saturated carbocycles. The van der Waals surface area contributed by atoms with Crippen LogP contribution in [0.4, 0.5) is 0 Å². The highest BCUT2D eigenvalue weighted by Crippen LogP contribution is 2.07. The molecule has 0 radical (unpaired) electrons. The lowest BCUT2D eigenvalue weighted by molar-refractivity contribution is 0.0537. The third-order valence-corrected chi connectivity index (χ3v) is 2.34. The average molecular weight is 195 g/mol. The molecule has 1 rings (SSSR count). The minimum atomic E-state index is 0.628. The minimum Gasteiger partial charge on any atom is -0.378 e. The Bertz CT molecular complexity index is 212. The molecular weight excluding hydrogens is 174 g/mol. The van der Waals surface area contributed by atoms with Crippen molar-refractivity contribution in [2.75, 3.05) is 26.3 Å². The molecule has 0 unspecified atom stereocenters. The van der Waals surface area contributed by atoms with Crippen LogP contribution in [0.1, 0.15) is 20.8 Å². The lowest BCUT2D eigenvalue weighted by Gasteiger charge is -2.29. The van der Waals surface area contributed by atoms with Gasteiger partial charge in [-0.1, -0.05) is 26.0 Å². The number of nitrogens with zero attached hydrogens (tertiary/aromatic N) is 1. The molecule has 0 aliphatic carbocycles. The molecule has 0 atom stereocenters. The molecule has 1 aliphatic heterocycles. The zero-order valence-corrected chi connectivity index (χ0v) is 9.49. The van der Waals surface area contributed by atoms with E-state index in [0.717, 1.165) is 26.3 Å². The Balaban J connectivity index is 2.41. The van der Waals surface area contributed by atoms with Gasteiger partial charge in [-0.3, -0.25) is 0 Å². The molecule has 2 nitrogen and oxygen atoms in total. The molecule has 1 aliphatic rings. The zero-order chi connectivity index (χ0) is 10.4. The number of morpholine rings is 1. The highest BCUT2D eigenvalue weighted by molar-refractivity contribution is 5.10. The van der Waals surface area contributed by atoms with Crippen LogP contribution in [0.15, 0.2) is 23.9 Å². The molecule has 80 valence electrons. The number of rotatable bonds is 3. The van der Waals surface area contributed by atoms with Crippen LogP contribution < -0.4 is 0 Å². The molecule has 1 saturated heterocycles. The van der Waals surface area contributed by atoms with Gasteiger partial charge in [0.2, 0.25) is 0 Å². The Morgan fingerprint density at radius 2 is 1.93 bits per heavy atom. The van der Waals surface area contributed by atoms with Gasteiger partial charge in [0.05, 0.1) is 13.2 Å². The van der Waals surface area contributed by atoms with Gasteiger partial charge in [-0.05, 0) is 18.9 Å². The maximum Gasteiger partial charge on any atom is 0.0642 e. The fraction of sp³-hybridized carbons (Fsp3) is 0.667. The normalized spacial score (nSPS) is 19.7. The fourth-order valence-electron chi connectivity index (χ4n) is 1.44. The summed E-state index contributed by atoms with van der Waals surface area (Å²) in [4.78, 5) is 2.37. The third-order valence-electron chi connectivity index (χ3n) is 2.34. The minimum absolute atomic E-state index is 0.628. The van der Waals surface area contributed by atoms with E-state index in [9.17, 15) is 0 Å². The Kier molecular flexibility index (Phi) is 4.74. The van der Waals surface area contributed by atoms with E-state index >= 15 is 0 Å². The SMILES string of the molecule is C/C(=C\C=C/C(C)C)N1CCOCC1. The van der Waals surface area contributed by atoms with Gasteiger partial charge >= 0.3 is 0 Å². The second-order valence-electron chi connectivity index (χ2n) is 4.04. The van der Waals surface area contributed by atoms with Crippen LogP contribution in [-0.4, -0.2) is 31.2 Å². The van der Waals surface area contributed by atoms with Crippen LogP contribution in [0.2, 0.25) is 0 Å². The topological polar surface area (TPSA) is 12.5 Å². The highest BCUT2D eigenvalue weighted by Gasteiger charge is 2.08. The molecule has 0 aromatic heterocycles. The lowest BCUT2D eigenvalue weighted by atomic mass is 10.2. The van der Waals surface area contributed by atoms with Crippen LogP contribution in [-0.2, 0) is 4.74 Å². The van der Waals surface area contributed by atoms with E-state index in [1.54, 1.807) is 0 Å². The van der Waals surface area contributed by atoms with Gasteiger partial charge in [-0.25, -0.2) is 0 Å². The Morgan fingerprint density at radius 1 is 1.29 bits per heavy atom. The van der Waals surface area contributed by atoms with Crippen LogP contribution in [0.3, 0.4) is 0 Å². The Labute approximate surface area is 87.2 Å². The van der Waals surface area contributed by atoms with E-state index in [4.69, 9.17) is 4.74 Å². The zero-order valence-electron chi connectivity index (χ0n) is 9.49. The maximum atomic E-state index is 5.31. The molecule has 0 spiro atoms. The van der Waals surface area contributed by atoms with Crippen molar-refractivity contribution in [1.29, 1.82) is 0 Å². The van der Waals surface area contributed by atoms with Crippen LogP contribution in [0.5, 0.6) is 0 Å². The molecule has 2 heteroatoms. The summed E-state index contributed by atoms with van der Waals surface area (Å²) < 4.78 is 5.31. The standard InChI is InChI=1S/C12H21NO/c1-11(2)5-4-6-12(3)13-7-9-14-10-8-13/h4-6,11H,7-10H2,1-3H3/b5-4-,12-6+. The molecule has 1 fully saturated rings. The molecular formula is C12H21NO. The predicted molar refractivity (Wildman–Crippen MR) is 60.1 cm³/mol. The van der Waals surface area contributed by atoms with Crippen LogP contribution >= 0.6 is 0 Å². The van der Waals surface area contributed by atoms with Crippen molar-refractivity contribution in [1.82, 2.24) is 4.90 Å². The van der Waals surface area contributed by atoms with Gasteiger partial charge in [0.1, 0.15) is 0 Å². The van der Waals surface area contributed by atoms with Gasteiger partial charge in [0, 0.05) is 18.8 Å². The summed E-state index contributed by atoms with van der Waals surface area (Å²) in [5.74, 6) is 0.628. The van der Waals surface area contributed by atoms with Gasteiger partial charge < -0.3 is 9.64 Å². The molecule has 1 heterocycles. The van der Waals surface area contributed by atoms with Crippen molar-refractivity contribution in [2.45, 2.75) is 20.8 Å². The van der Waals surface area contributed by atoms with Crippen LogP contribution in [0.25, 0.3) is 0 Å². The smallest absolute Gasteiger partial charge is 0.0642 e. The number of allylic oxidation sites excluding steroid dienone is 4. The van der Waals surface area contributed by atoms with E-state index in [1.165, 1.54) is 5.70 Å². The van der Waals surface area contributed by atoms with Crippen molar-refractivity contribution in [3.05, 3.63) is 23.9 Å². The number of hydrogen-bond donors (Lipinski definition) is 0. The largest absolute Gasteiger partial charge is 0.378 e. The average Bonchev–Trinajstić information content (AvgIpc) is 2.18. The maximum absolute atomic E-state index is 5.31. The van der Waals surface area contributed by atoms with Gasteiger partial charge in [-0.2, -0.15) is 0 Å². The quantitative estimate of drug-likeness (QED) is 0.641. The Morgan fingerprint density at radius 3 is 2.50 bits per heavy atom. The second kappa shape index (κ2) is 5.86. The summed E-state index contributed by atoms with van der Waals surface area (Å²) in [7, 11) is 0. The van der Waals surface area contributed by atoms with E-state index in [0.29, 0.717) is 5.92 Å². The third kappa shape index (κ3) is 3.97. The summed E-state index contributed by atoms with van der Waals surface area (Å²) in [5.41, 5.74) is 1.34. The number of ether oxygens (including phenoxy) is 1.